The van der Waals surface area contributed by atoms with E-state index in [-0.39, 0.29) is 23.4 Å². The second kappa shape index (κ2) is 14.2. The molecule has 0 aliphatic rings. The van der Waals surface area contributed by atoms with Crippen LogP contribution >= 0.6 is 0 Å². The number of carbonyl (C=O) groups excluding carboxylic acids is 2. The molecule has 8 nitrogen and oxygen atoms in total. The van der Waals surface area contributed by atoms with Gasteiger partial charge in [-0.3, -0.25) is 13.9 Å². The van der Waals surface area contributed by atoms with Crippen LogP contribution in [0.4, 0.5) is 5.69 Å². The van der Waals surface area contributed by atoms with Crippen LogP contribution in [0.5, 0.6) is 5.75 Å². The average molecular weight is 580 g/mol. The predicted octanol–water partition coefficient (Wildman–Crippen LogP) is 5.23. The Labute approximate surface area is 244 Å². The maximum atomic E-state index is 14.1. The van der Waals surface area contributed by atoms with E-state index in [4.69, 9.17) is 4.74 Å². The molecule has 0 aromatic heterocycles. The monoisotopic (exact) mass is 579 g/mol. The summed E-state index contributed by atoms with van der Waals surface area (Å²) in [5.74, 6) is -0.221. The molecule has 1 N–H and O–H groups in total. The lowest BCUT2D eigenvalue weighted by molar-refractivity contribution is -0.140. The molecule has 3 aromatic rings. The lowest BCUT2D eigenvalue weighted by Crippen LogP contribution is -2.53. The van der Waals surface area contributed by atoms with E-state index >= 15 is 0 Å². The fraction of sp³-hybridized carbons (Fsp3) is 0.375. The van der Waals surface area contributed by atoms with E-state index in [1.807, 2.05) is 58.9 Å². The van der Waals surface area contributed by atoms with Gasteiger partial charge >= 0.3 is 0 Å². The number of nitrogens with one attached hydrogen (secondary N) is 1. The van der Waals surface area contributed by atoms with Gasteiger partial charge in [-0.25, -0.2) is 8.42 Å². The number of ether oxygens (including phenoxy) is 1. The number of hydrogen-bond acceptors (Lipinski definition) is 5. The molecule has 0 spiro atoms. The summed E-state index contributed by atoms with van der Waals surface area (Å²) in [6.07, 6.45) is 1.12. The molecule has 220 valence electrons. The lowest BCUT2D eigenvalue weighted by Gasteiger charge is -2.33. The molecule has 0 bridgehead atoms. The minimum absolute atomic E-state index is 0.0262. The maximum Gasteiger partial charge on any atom is 0.264 e. The molecule has 3 aromatic carbocycles. The summed E-state index contributed by atoms with van der Waals surface area (Å²) in [7, 11) is -2.64. The van der Waals surface area contributed by atoms with Crippen molar-refractivity contribution in [3.05, 3.63) is 89.5 Å². The number of amides is 2. The van der Waals surface area contributed by atoms with Crippen molar-refractivity contribution in [3.8, 4) is 5.75 Å². The van der Waals surface area contributed by atoms with Crippen LogP contribution in [0.3, 0.4) is 0 Å². The minimum atomic E-state index is -4.14. The van der Waals surface area contributed by atoms with Gasteiger partial charge in [-0.15, -0.1) is 0 Å². The number of nitrogens with zero attached hydrogens (tertiary/aromatic N) is 2. The normalized spacial score (nSPS) is 12.7. The van der Waals surface area contributed by atoms with E-state index in [0.717, 1.165) is 27.4 Å². The summed E-state index contributed by atoms with van der Waals surface area (Å²) >= 11 is 0. The van der Waals surface area contributed by atoms with Crippen LogP contribution < -0.4 is 14.4 Å². The number of benzene rings is 3. The van der Waals surface area contributed by atoms with E-state index in [1.54, 1.807) is 36.4 Å². The molecule has 9 heteroatoms. The lowest BCUT2D eigenvalue weighted by atomic mass is 10.1. The van der Waals surface area contributed by atoms with Crippen LogP contribution in [0.15, 0.2) is 77.7 Å². The first-order chi connectivity index (χ1) is 19.5. The third-order valence-electron chi connectivity index (χ3n) is 7.11. The van der Waals surface area contributed by atoms with Gasteiger partial charge < -0.3 is 15.0 Å². The molecule has 0 unspecified atom stereocenters. The zero-order valence-corrected chi connectivity index (χ0v) is 25.6. The zero-order chi connectivity index (χ0) is 30.2. The van der Waals surface area contributed by atoms with Crippen molar-refractivity contribution >= 4 is 27.5 Å². The van der Waals surface area contributed by atoms with Gasteiger partial charge in [0.1, 0.15) is 18.3 Å². The molecule has 0 heterocycles. The first kappa shape index (κ1) is 31.7. The van der Waals surface area contributed by atoms with Gasteiger partial charge in [0.2, 0.25) is 11.8 Å². The van der Waals surface area contributed by atoms with E-state index in [2.05, 4.69) is 5.32 Å². The number of rotatable bonds is 13. The van der Waals surface area contributed by atoms with Gasteiger partial charge in [0.25, 0.3) is 10.0 Å². The van der Waals surface area contributed by atoms with Crippen molar-refractivity contribution in [2.45, 2.75) is 71.0 Å². The second-order valence-electron chi connectivity index (χ2n) is 10.3. The van der Waals surface area contributed by atoms with Crippen LogP contribution in [-0.2, 0) is 26.2 Å². The molecule has 0 fully saturated rings. The number of anilines is 1. The molecule has 2 atom stereocenters. The number of aryl methyl sites for hydroxylation is 2. The summed E-state index contributed by atoms with van der Waals surface area (Å²) in [6, 6.07) is 19.9. The number of carbonyl (C=O) groups is 2. The zero-order valence-electron chi connectivity index (χ0n) is 24.8. The van der Waals surface area contributed by atoms with Gasteiger partial charge in [-0.1, -0.05) is 61.4 Å². The fourth-order valence-electron chi connectivity index (χ4n) is 4.37. The second-order valence-corrected chi connectivity index (χ2v) is 12.1. The smallest absolute Gasteiger partial charge is 0.264 e. The van der Waals surface area contributed by atoms with E-state index in [0.29, 0.717) is 17.9 Å². The Balaban J connectivity index is 2.05. The van der Waals surface area contributed by atoms with E-state index < -0.39 is 28.5 Å². The van der Waals surface area contributed by atoms with Crippen LogP contribution in [0, 0.1) is 13.8 Å². The predicted molar refractivity (Wildman–Crippen MR) is 162 cm³/mol. The molecular formula is C32H41N3O5S. The van der Waals surface area contributed by atoms with E-state index in [9.17, 15) is 18.0 Å². The Morgan fingerprint density at radius 1 is 0.854 bits per heavy atom. The molecule has 0 aliphatic carbocycles. The quantitative estimate of drug-likeness (QED) is 0.299. The van der Waals surface area contributed by atoms with Gasteiger partial charge in [0.05, 0.1) is 17.7 Å². The van der Waals surface area contributed by atoms with Crippen molar-refractivity contribution in [3.63, 3.8) is 0 Å². The Morgan fingerprint density at radius 2 is 1.41 bits per heavy atom. The number of sulfonamides is 1. The minimum Gasteiger partial charge on any atom is -0.497 e. The highest BCUT2D eigenvalue weighted by Gasteiger charge is 2.34. The molecular weight excluding hydrogens is 538 g/mol. The Kier molecular flexibility index (Phi) is 10.9. The molecule has 41 heavy (non-hydrogen) atoms. The molecule has 2 amide bonds. The number of methoxy groups -OCH3 is 1. The van der Waals surface area contributed by atoms with Crippen molar-refractivity contribution in [2.24, 2.45) is 0 Å². The first-order valence-corrected chi connectivity index (χ1v) is 15.3. The Morgan fingerprint density at radius 3 is 1.93 bits per heavy atom. The molecule has 0 aliphatic heterocycles. The summed E-state index contributed by atoms with van der Waals surface area (Å²) in [6.45, 7) is 9.31. The summed E-state index contributed by atoms with van der Waals surface area (Å²) in [5.41, 5.74) is 3.23. The van der Waals surface area contributed by atoms with Crippen molar-refractivity contribution in [1.29, 1.82) is 0 Å². The van der Waals surface area contributed by atoms with Crippen molar-refractivity contribution in [2.75, 3.05) is 18.0 Å². The molecule has 0 saturated carbocycles. The number of hydrogen-bond donors (Lipinski definition) is 1. The molecule has 0 radical (unpaired) electrons. The third kappa shape index (κ3) is 8.10. The Hall–Kier alpha value is -3.85. The highest BCUT2D eigenvalue weighted by Crippen LogP contribution is 2.26. The van der Waals surface area contributed by atoms with Gasteiger partial charge in [-0.2, -0.15) is 0 Å². The van der Waals surface area contributed by atoms with Gasteiger partial charge in [0.15, 0.2) is 0 Å². The topological polar surface area (TPSA) is 96.0 Å². The Bertz CT molecular complexity index is 1410. The summed E-state index contributed by atoms with van der Waals surface area (Å²) < 4.78 is 34.2. The first-order valence-electron chi connectivity index (χ1n) is 13.9. The van der Waals surface area contributed by atoms with Crippen molar-refractivity contribution < 1.29 is 22.7 Å². The van der Waals surface area contributed by atoms with Crippen LogP contribution in [0.25, 0.3) is 0 Å². The maximum absolute atomic E-state index is 14.1. The highest BCUT2D eigenvalue weighted by molar-refractivity contribution is 7.92. The van der Waals surface area contributed by atoms with Gasteiger partial charge in [-0.05, 0) is 75.6 Å². The third-order valence-corrected chi connectivity index (χ3v) is 8.90. The fourth-order valence-corrected chi connectivity index (χ4v) is 5.78. The van der Waals surface area contributed by atoms with Crippen LogP contribution in [0.1, 0.15) is 50.3 Å². The summed E-state index contributed by atoms with van der Waals surface area (Å²) in [5, 5.41) is 2.99. The highest BCUT2D eigenvalue weighted by atomic mass is 32.2. The van der Waals surface area contributed by atoms with E-state index in [1.165, 1.54) is 24.1 Å². The van der Waals surface area contributed by atoms with Gasteiger partial charge in [0, 0.05) is 12.6 Å². The van der Waals surface area contributed by atoms with Crippen LogP contribution in [0.2, 0.25) is 0 Å². The summed E-state index contributed by atoms with van der Waals surface area (Å²) in [4.78, 5) is 29.0. The SMILES string of the molecule is CC[C@H](C)NC(=O)[C@H](CC)N(Cc1ccc(C)cc1)C(=O)CN(c1ccc(C)cc1)S(=O)(=O)c1ccc(OC)cc1. The standard InChI is InChI=1S/C32H41N3O5S/c1-7-25(5)33-32(37)30(8-2)34(21-26-13-9-23(3)10-14-26)31(36)22-35(27-15-11-24(4)12-16-27)41(38,39)29-19-17-28(40-6)18-20-29/h9-20,25,30H,7-8,21-22H2,1-6H3,(H,33,37)/t25-,30-/m0/s1. The average Bonchev–Trinajstić information content (AvgIpc) is 2.97. The molecule has 0 saturated heterocycles. The largest absolute Gasteiger partial charge is 0.497 e. The molecule has 3 rings (SSSR count). The van der Waals surface area contributed by atoms with Crippen molar-refractivity contribution in [1.82, 2.24) is 10.2 Å². The van der Waals surface area contributed by atoms with Crippen LogP contribution in [-0.4, -0.2) is 50.9 Å².